The van der Waals surface area contributed by atoms with Gasteiger partial charge in [0, 0.05) is 17.0 Å². The van der Waals surface area contributed by atoms with Gasteiger partial charge < -0.3 is 10.1 Å². The molecule has 4 rings (SSSR count). The van der Waals surface area contributed by atoms with Gasteiger partial charge in [0.05, 0.1) is 18.7 Å². The van der Waals surface area contributed by atoms with Crippen LogP contribution in [0, 0.1) is 6.92 Å². The molecule has 0 saturated heterocycles. The molecular weight excluding hydrogens is 410 g/mol. The van der Waals surface area contributed by atoms with Gasteiger partial charge in [0.1, 0.15) is 5.75 Å². The normalized spacial score (nSPS) is 15.1. The number of hydrogen-bond donors (Lipinski definition) is 2. The van der Waals surface area contributed by atoms with Crippen molar-refractivity contribution in [1.29, 1.82) is 0 Å². The van der Waals surface area contributed by atoms with Gasteiger partial charge in [-0.15, -0.1) is 11.3 Å². The van der Waals surface area contributed by atoms with E-state index in [0.717, 1.165) is 35.4 Å². The first kappa shape index (κ1) is 21.1. The van der Waals surface area contributed by atoms with Crippen molar-refractivity contribution in [3.63, 3.8) is 0 Å². The second kappa shape index (κ2) is 9.31. The Balaban J connectivity index is 1.43. The van der Waals surface area contributed by atoms with Gasteiger partial charge in [-0.05, 0) is 56.0 Å². The van der Waals surface area contributed by atoms with Crippen molar-refractivity contribution in [3.8, 4) is 5.75 Å². The predicted octanol–water partition coefficient (Wildman–Crippen LogP) is 4.45. The summed E-state index contributed by atoms with van der Waals surface area (Å²) in [5.41, 5.74) is 3.59. The van der Waals surface area contributed by atoms with Gasteiger partial charge in [-0.25, -0.2) is 4.98 Å². The molecule has 31 heavy (non-hydrogen) atoms. The third kappa shape index (κ3) is 4.94. The predicted molar refractivity (Wildman–Crippen MR) is 122 cm³/mol. The van der Waals surface area contributed by atoms with E-state index in [4.69, 9.17) is 4.74 Å². The van der Waals surface area contributed by atoms with Crippen LogP contribution in [-0.4, -0.2) is 23.9 Å². The fraction of sp³-hybridized carbons (Fsp3) is 0.292. The number of nitrogens with zero attached hydrogens (tertiary/aromatic N) is 1. The third-order valence-electron chi connectivity index (χ3n) is 5.43. The number of methoxy groups -OCH3 is 1. The van der Waals surface area contributed by atoms with Crippen LogP contribution in [0.25, 0.3) is 0 Å². The van der Waals surface area contributed by atoms with Crippen molar-refractivity contribution in [2.75, 3.05) is 12.4 Å². The Morgan fingerprint density at radius 3 is 2.58 bits per heavy atom. The van der Waals surface area contributed by atoms with Crippen LogP contribution < -0.4 is 15.4 Å². The number of ether oxygens (including phenoxy) is 1. The maximum atomic E-state index is 12.9. The van der Waals surface area contributed by atoms with Crippen LogP contribution in [0.3, 0.4) is 0 Å². The van der Waals surface area contributed by atoms with Crippen LogP contribution in [0.1, 0.15) is 50.8 Å². The highest BCUT2D eigenvalue weighted by molar-refractivity contribution is 7.16. The summed E-state index contributed by atoms with van der Waals surface area (Å²) in [5.74, 6) is 0.173. The fourth-order valence-electron chi connectivity index (χ4n) is 3.66. The molecule has 0 unspecified atom stereocenters. The number of nitrogens with one attached hydrogen (secondary N) is 2. The molecule has 0 saturated carbocycles. The highest BCUT2D eigenvalue weighted by Gasteiger charge is 2.30. The minimum atomic E-state index is -0.280. The van der Waals surface area contributed by atoms with E-state index < -0.39 is 0 Å². The van der Waals surface area contributed by atoms with Crippen molar-refractivity contribution < 1.29 is 14.3 Å². The van der Waals surface area contributed by atoms with E-state index in [9.17, 15) is 9.59 Å². The Labute approximate surface area is 185 Å². The molecule has 3 aromatic rings. The third-order valence-corrected chi connectivity index (χ3v) is 6.48. The van der Waals surface area contributed by atoms with Gasteiger partial charge in [-0.2, -0.15) is 0 Å². The zero-order valence-corrected chi connectivity index (χ0v) is 18.4. The molecule has 1 aliphatic rings. The van der Waals surface area contributed by atoms with Crippen molar-refractivity contribution in [2.24, 2.45) is 0 Å². The van der Waals surface area contributed by atoms with E-state index >= 15 is 0 Å². The van der Waals surface area contributed by atoms with E-state index in [0.29, 0.717) is 23.0 Å². The molecular formula is C24H25N3O3S. The van der Waals surface area contributed by atoms with Crippen molar-refractivity contribution >= 4 is 28.3 Å². The van der Waals surface area contributed by atoms with Crippen LogP contribution in [-0.2, 0) is 17.8 Å². The van der Waals surface area contributed by atoms with Crippen LogP contribution >= 0.6 is 11.3 Å². The lowest BCUT2D eigenvalue weighted by atomic mass is 9.90. The molecule has 1 aliphatic carbocycles. The van der Waals surface area contributed by atoms with Gasteiger partial charge in [-0.3, -0.25) is 14.9 Å². The summed E-state index contributed by atoms with van der Waals surface area (Å²) in [6.07, 6.45) is 2.58. The van der Waals surface area contributed by atoms with E-state index in [-0.39, 0.29) is 17.7 Å². The lowest BCUT2D eigenvalue weighted by Gasteiger charge is -2.20. The average molecular weight is 436 g/mol. The van der Waals surface area contributed by atoms with Gasteiger partial charge in [-0.1, -0.05) is 29.8 Å². The zero-order chi connectivity index (χ0) is 21.8. The first-order valence-corrected chi connectivity index (χ1v) is 11.1. The topological polar surface area (TPSA) is 80.3 Å². The SMILES string of the molecule is COc1ccc(C(=O)Nc2nc3c(s2)CCC[C@@H]3C(=O)NCc2ccc(C)cc2)cc1. The molecule has 6 nitrogen and oxygen atoms in total. The number of thiazole rings is 1. The Morgan fingerprint density at radius 1 is 1.13 bits per heavy atom. The van der Waals surface area contributed by atoms with E-state index in [2.05, 4.69) is 15.6 Å². The van der Waals surface area contributed by atoms with E-state index in [1.165, 1.54) is 16.9 Å². The Kier molecular flexibility index (Phi) is 6.32. The fourth-order valence-corrected chi connectivity index (χ4v) is 4.72. The van der Waals surface area contributed by atoms with Crippen LogP contribution in [0.5, 0.6) is 5.75 Å². The van der Waals surface area contributed by atoms with Crippen LogP contribution in [0.15, 0.2) is 48.5 Å². The molecule has 7 heteroatoms. The molecule has 1 heterocycles. The highest BCUT2D eigenvalue weighted by Crippen LogP contribution is 2.37. The summed E-state index contributed by atoms with van der Waals surface area (Å²) in [7, 11) is 1.59. The Bertz CT molecular complexity index is 1070. The van der Waals surface area contributed by atoms with Crippen molar-refractivity contribution in [1.82, 2.24) is 10.3 Å². The molecule has 0 radical (unpaired) electrons. The lowest BCUT2D eigenvalue weighted by Crippen LogP contribution is -2.31. The maximum Gasteiger partial charge on any atom is 0.257 e. The number of benzene rings is 2. The molecule has 1 aromatic heterocycles. The minimum Gasteiger partial charge on any atom is -0.497 e. The second-order valence-corrected chi connectivity index (χ2v) is 8.74. The Hall–Kier alpha value is -3.19. The summed E-state index contributed by atoms with van der Waals surface area (Å²) < 4.78 is 5.13. The number of amides is 2. The minimum absolute atomic E-state index is 0.0140. The van der Waals surface area contributed by atoms with Gasteiger partial charge in [0.15, 0.2) is 5.13 Å². The number of aryl methyl sites for hydroxylation is 2. The molecule has 1 atom stereocenters. The second-order valence-electron chi connectivity index (χ2n) is 7.66. The number of rotatable bonds is 6. The number of carbonyl (C=O) groups is 2. The van der Waals surface area contributed by atoms with Crippen molar-refractivity contribution in [2.45, 2.75) is 38.6 Å². The zero-order valence-electron chi connectivity index (χ0n) is 17.6. The largest absolute Gasteiger partial charge is 0.497 e. The summed E-state index contributed by atoms with van der Waals surface area (Å²) in [5, 5.41) is 6.45. The van der Waals surface area contributed by atoms with Gasteiger partial charge in [0.25, 0.3) is 5.91 Å². The van der Waals surface area contributed by atoms with E-state index in [1.807, 2.05) is 31.2 Å². The van der Waals surface area contributed by atoms with E-state index in [1.54, 1.807) is 31.4 Å². The van der Waals surface area contributed by atoms with Crippen molar-refractivity contribution in [3.05, 3.63) is 75.8 Å². The van der Waals surface area contributed by atoms with Crippen LogP contribution in [0.2, 0.25) is 0 Å². The molecule has 160 valence electrons. The highest BCUT2D eigenvalue weighted by atomic mass is 32.1. The molecule has 0 bridgehead atoms. The Morgan fingerprint density at radius 2 is 1.87 bits per heavy atom. The van der Waals surface area contributed by atoms with Gasteiger partial charge in [0.2, 0.25) is 5.91 Å². The lowest BCUT2D eigenvalue weighted by molar-refractivity contribution is -0.123. The first-order chi connectivity index (χ1) is 15.0. The quantitative estimate of drug-likeness (QED) is 0.600. The summed E-state index contributed by atoms with van der Waals surface area (Å²) in [6, 6.07) is 15.0. The summed E-state index contributed by atoms with van der Waals surface area (Å²) in [4.78, 5) is 31.1. The molecule has 2 amide bonds. The molecule has 0 fully saturated rings. The monoisotopic (exact) mass is 435 g/mol. The summed E-state index contributed by atoms with van der Waals surface area (Å²) in [6.45, 7) is 2.54. The number of anilines is 1. The maximum absolute atomic E-state index is 12.9. The van der Waals surface area contributed by atoms with Crippen LogP contribution in [0.4, 0.5) is 5.13 Å². The van der Waals surface area contributed by atoms with Gasteiger partial charge >= 0.3 is 0 Å². The molecule has 2 aromatic carbocycles. The average Bonchev–Trinajstić information content (AvgIpc) is 3.21. The standard InChI is InChI=1S/C24H25N3O3S/c1-15-6-8-16(9-7-15)14-25-23(29)19-4-3-5-20-21(19)26-24(31-20)27-22(28)17-10-12-18(30-2)13-11-17/h6-13,19H,3-5,14H2,1-2H3,(H,25,29)(H,26,27,28)/t19-/m0/s1. The number of carbonyl (C=O) groups excluding carboxylic acids is 2. The number of hydrogen-bond acceptors (Lipinski definition) is 5. The summed E-state index contributed by atoms with van der Waals surface area (Å²) >= 11 is 1.46. The molecule has 0 aliphatic heterocycles. The smallest absolute Gasteiger partial charge is 0.257 e. The number of aromatic nitrogens is 1. The number of fused-ring (bicyclic) bond motifs is 1. The molecule has 0 spiro atoms. The first-order valence-electron chi connectivity index (χ1n) is 10.3. The molecule has 2 N–H and O–H groups in total.